The van der Waals surface area contributed by atoms with E-state index < -0.39 is 11.5 Å². The first-order valence-electron chi connectivity index (χ1n) is 6.36. The number of carboxylic acids is 1. The Bertz CT molecular complexity index is 534. The van der Waals surface area contributed by atoms with Crippen molar-refractivity contribution < 1.29 is 19.4 Å². The molecule has 108 valence electrons. The molecule has 1 unspecified atom stereocenters. The molecule has 2 rings (SSSR count). The molecule has 0 radical (unpaired) electrons. The Morgan fingerprint density at radius 1 is 1.45 bits per heavy atom. The molecule has 1 aliphatic rings. The summed E-state index contributed by atoms with van der Waals surface area (Å²) in [7, 11) is 0. The quantitative estimate of drug-likeness (QED) is 0.912. The van der Waals surface area contributed by atoms with Gasteiger partial charge in [-0.15, -0.1) is 0 Å². The Labute approximate surface area is 125 Å². The number of hydrogen-bond acceptors (Lipinski definition) is 3. The molecule has 1 N–H and O–H groups in total. The highest BCUT2D eigenvalue weighted by Gasteiger charge is 2.45. The minimum Gasteiger partial charge on any atom is -0.483 e. The fourth-order valence-corrected chi connectivity index (χ4v) is 2.76. The molecule has 0 aliphatic carbocycles. The van der Waals surface area contributed by atoms with E-state index in [1.54, 1.807) is 13.0 Å². The number of hydrogen-bond donors (Lipinski definition) is 1. The number of ether oxygens (including phenoxy) is 1. The second-order valence-corrected chi connectivity index (χ2v) is 5.80. The minimum absolute atomic E-state index is 0.161. The fraction of sp³-hybridized carbons (Fsp3) is 0.429. The van der Waals surface area contributed by atoms with Crippen LogP contribution in [0.1, 0.15) is 19.8 Å². The van der Waals surface area contributed by atoms with E-state index in [9.17, 15) is 14.7 Å². The first kappa shape index (κ1) is 14.8. The number of likely N-dealkylation sites (tertiary alicyclic amines) is 1. The summed E-state index contributed by atoms with van der Waals surface area (Å²) in [6.45, 7) is 1.88. The van der Waals surface area contributed by atoms with Crippen molar-refractivity contribution >= 4 is 27.8 Å². The number of carboxylic acid groups (broad SMARTS) is 1. The van der Waals surface area contributed by atoms with Crippen molar-refractivity contribution in [2.45, 2.75) is 25.3 Å². The predicted octanol–water partition coefficient (Wildman–Crippen LogP) is 2.29. The zero-order chi connectivity index (χ0) is 14.8. The summed E-state index contributed by atoms with van der Waals surface area (Å²) in [4.78, 5) is 24.9. The van der Waals surface area contributed by atoms with Crippen molar-refractivity contribution in [2.75, 3.05) is 13.2 Å². The van der Waals surface area contributed by atoms with Crippen molar-refractivity contribution in [1.29, 1.82) is 0 Å². The number of carbonyl (C=O) groups excluding carboxylic acids is 1. The van der Waals surface area contributed by atoms with E-state index in [1.165, 1.54) is 4.90 Å². The molecule has 0 aromatic heterocycles. The van der Waals surface area contributed by atoms with Crippen LogP contribution in [-0.4, -0.2) is 40.6 Å². The van der Waals surface area contributed by atoms with Crippen LogP contribution in [0, 0.1) is 0 Å². The summed E-state index contributed by atoms with van der Waals surface area (Å²) >= 11 is 3.33. The van der Waals surface area contributed by atoms with Crippen LogP contribution in [-0.2, 0) is 9.59 Å². The second kappa shape index (κ2) is 5.83. The topological polar surface area (TPSA) is 66.8 Å². The summed E-state index contributed by atoms with van der Waals surface area (Å²) in [5, 5.41) is 9.28. The van der Waals surface area contributed by atoms with Gasteiger partial charge >= 0.3 is 5.97 Å². The summed E-state index contributed by atoms with van der Waals surface area (Å²) in [6, 6.07) is 7.22. The summed E-state index contributed by atoms with van der Waals surface area (Å²) in [6.07, 6.45) is 1.17. The molecule has 1 aliphatic heterocycles. The van der Waals surface area contributed by atoms with E-state index in [0.717, 1.165) is 4.47 Å². The normalized spacial score (nSPS) is 21.8. The molecule has 0 saturated carbocycles. The van der Waals surface area contributed by atoms with Gasteiger partial charge in [0.2, 0.25) is 0 Å². The number of nitrogens with zero attached hydrogens (tertiary/aromatic N) is 1. The zero-order valence-corrected chi connectivity index (χ0v) is 12.7. The van der Waals surface area contributed by atoms with Crippen LogP contribution < -0.4 is 4.74 Å². The molecular weight excluding hydrogens is 326 g/mol. The van der Waals surface area contributed by atoms with Crippen LogP contribution in [0.3, 0.4) is 0 Å². The lowest BCUT2D eigenvalue weighted by molar-refractivity contribution is -0.156. The van der Waals surface area contributed by atoms with Crippen molar-refractivity contribution in [2.24, 2.45) is 0 Å². The highest BCUT2D eigenvalue weighted by Crippen LogP contribution is 2.30. The van der Waals surface area contributed by atoms with Gasteiger partial charge in [-0.05, 0) is 47.8 Å². The van der Waals surface area contributed by atoms with Gasteiger partial charge < -0.3 is 14.7 Å². The van der Waals surface area contributed by atoms with Crippen LogP contribution in [0.2, 0.25) is 0 Å². The Balaban J connectivity index is 2.02. The molecule has 1 amide bonds. The highest BCUT2D eigenvalue weighted by atomic mass is 79.9. The van der Waals surface area contributed by atoms with E-state index in [4.69, 9.17) is 4.74 Å². The van der Waals surface area contributed by atoms with Gasteiger partial charge in [0.15, 0.2) is 6.61 Å². The minimum atomic E-state index is -1.12. The van der Waals surface area contributed by atoms with Gasteiger partial charge in [0, 0.05) is 6.54 Å². The van der Waals surface area contributed by atoms with Crippen LogP contribution in [0.25, 0.3) is 0 Å². The molecule has 1 atom stereocenters. The molecule has 0 spiro atoms. The molecule has 0 bridgehead atoms. The maximum absolute atomic E-state index is 12.2. The highest BCUT2D eigenvalue weighted by molar-refractivity contribution is 9.10. The van der Waals surface area contributed by atoms with Gasteiger partial charge in [-0.25, -0.2) is 4.79 Å². The number of para-hydroxylation sites is 1. The third-order valence-electron chi connectivity index (χ3n) is 3.59. The Kier molecular flexibility index (Phi) is 4.32. The average molecular weight is 342 g/mol. The zero-order valence-electron chi connectivity index (χ0n) is 11.1. The molecule has 1 fully saturated rings. The summed E-state index contributed by atoms with van der Waals surface area (Å²) < 4.78 is 6.21. The monoisotopic (exact) mass is 341 g/mol. The van der Waals surface area contributed by atoms with E-state index in [-0.39, 0.29) is 12.5 Å². The second-order valence-electron chi connectivity index (χ2n) is 4.95. The number of halogens is 1. The van der Waals surface area contributed by atoms with Gasteiger partial charge in [0.25, 0.3) is 5.91 Å². The van der Waals surface area contributed by atoms with Gasteiger partial charge in [-0.3, -0.25) is 4.79 Å². The summed E-state index contributed by atoms with van der Waals surface area (Å²) in [5.74, 6) is -0.704. The van der Waals surface area contributed by atoms with Gasteiger partial charge in [-0.1, -0.05) is 12.1 Å². The first-order valence-corrected chi connectivity index (χ1v) is 7.15. The molecule has 1 saturated heterocycles. The fourth-order valence-electron chi connectivity index (χ4n) is 2.36. The number of amides is 1. The lowest BCUT2D eigenvalue weighted by Crippen LogP contribution is -2.52. The molecular formula is C14H16BrNO4. The predicted molar refractivity (Wildman–Crippen MR) is 76.6 cm³/mol. The van der Waals surface area contributed by atoms with E-state index in [2.05, 4.69) is 15.9 Å². The molecule has 6 heteroatoms. The molecule has 1 aromatic carbocycles. The van der Waals surface area contributed by atoms with Crippen molar-refractivity contribution in [3.8, 4) is 5.75 Å². The van der Waals surface area contributed by atoms with E-state index in [0.29, 0.717) is 25.1 Å². The third kappa shape index (κ3) is 2.80. The van der Waals surface area contributed by atoms with Crippen LogP contribution in [0.4, 0.5) is 0 Å². The third-order valence-corrected chi connectivity index (χ3v) is 4.25. The lowest BCUT2D eigenvalue weighted by atomic mass is 9.99. The lowest BCUT2D eigenvalue weighted by Gasteiger charge is -2.31. The SMILES string of the molecule is CC1(C(=O)O)CCCN1C(=O)COc1ccccc1Br. The maximum atomic E-state index is 12.2. The van der Waals surface area contributed by atoms with Crippen molar-refractivity contribution in [3.05, 3.63) is 28.7 Å². The van der Waals surface area contributed by atoms with Crippen molar-refractivity contribution in [3.63, 3.8) is 0 Å². The van der Waals surface area contributed by atoms with Gasteiger partial charge in [0.05, 0.1) is 4.47 Å². The molecule has 1 aromatic rings. The van der Waals surface area contributed by atoms with Gasteiger partial charge in [0.1, 0.15) is 11.3 Å². The van der Waals surface area contributed by atoms with E-state index >= 15 is 0 Å². The standard InChI is InChI=1S/C14H16BrNO4/c1-14(13(18)19)7-4-8-16(14)12(17)9-20-11-6-3-2-5-10(11)15/h2-3,5-6H,4,7-9H2,1H3,(H,18,19). The van der Waals surface area contributed by atoms with Gasteiger partial charge in [-0.2, -0.15) is 0 Å². The Morgan fingerprint density at radius 3 is 2.80 bits per heavy atom. The number of carbonyl (C=O) groups is 2. The average Bonchev–Trinajstić information content (AvgIpc) is 2.81. The largest absolute Gasteiger partial charge is 0.483 e. The summed E-state index contributed by atoms with van der Waals surface area (Å²) in [5.41, 5.74) is -1.12. The van der Waals surface area contributed by atoms with E-state index in [1.807, 2.05) is 18.2 Å². The molecule has 1 heterocycles. The number of rotatable bonds is 4. The number of benzene rings is 1. The van der Waals surface area contributed by atoms with Crippen LogP contribution in [0.15, 0.2) is 28.7 Å². The molecule has 5 nitrogen and oxygen atoms in total. The Morgan fingerprint density at radius 2 is 2.15 bits per heavy atom. The first-order chi connectivity index (χ1) is 9.45. The van der Waals surface area contributed by atoms with Crippen LogP contribution in [0.5, 0.6) is 5.75 Å². The molecule has 20 heavy (non-hydrogen) atoms. The Hall–Kier alpha value is -1.56. The number of aliphatic carboxylic acids is 1. The van der Waals surface area contributed by atoms with Crippen molar-refractivity contribution in [1.82, 2.24) is 4.90 Å². The van der Waals surface area contributed by atoms with Crippen LogP contribution >= 0.6 is 15.9 Å². The smallest absolute Gasteiger partial charge is 0.329 e. The maximum Gasteiger partial charge on any atom is 0.329 e.